The quantitative estimate of drug-likeness (QED) is 0.768. The first kappa shape index (κ1) is 9.98. The predicted octanol–water partition coefficient (Wildman–Crippen LogP) is 1.37. The molecule has 0 spiro atoms. The maximum absolute atomic E-state index is 11.6. The first-order chi connectivity index (χ1) is 7.20. The average molecular weight is 206 g/mol. The highest BCUT2D eigenvalue weighted by atomic mass is 16.5. The third kappa shape index (κ3) is 1.94. The molecule has 1 aromatic rings. The molecule has 1 aromatic carbocycles. The van der Waals surface area contributed by atoms with Crippen LogP contribution in [0.25, 0.3) is 0 Å². The van der Waals surface area contributed by atoms with E-state index < -0.39 is 0 Å². The SMILES string of the molecule is COCC1Nc2ccc(C)cc2NC1=O. The van der Waals surface area contributed by atoms with E-state index in [0.29, 0.717) is 6.61 Å². The number of aryl methyl sites for hydroxylation is 1. The molecule has 0 saturated carbocycles. The normalized spacial score (nSPS) is 19.1. The fourth-order valence-corrected chi connectivity index (χ4v) is 1.64. The molecule has 1 unspecified atom stereocenters. The number of methoxy groups -OCH3 is 1. The number of benzene rings is 1. The summed E-state index contributed by atoms with van der Waals surface area (Å²) >= 11 is 0. The maximum atomic E-state index is 11.6. The van der Waals surface area contributed by atoms with Crippen molar-refractivity contribution in [2.24, 2.45) is 0 Å². The lowest BCUT2D eigenvalue weighted by Crippen LogP contribution is -2.41. The molecule has 0 bridgehead atoms. The summed E-state index contributed by atoms with van der Waals surface area (Å²) in [6, 6.07) is 5.62. The predicted molar refractivity (Wildman–Crippen MR) is 59.1 cm³/mol. The minimum absolute atomic E-state index is 0.0463. The monoisotopic (exact) mass is 206 g/mol. The third-order valence-corrected chi connectivity index (χ3v) is 2.41. The number of amides is 1. The van der Waals surface area contributed by atoms with E-state index in [1.807, 2.05) is 25.1 Å². The third-order valence-electron chi connectivity index (χ3n) is 2.41. The van der Waals surface area contributed by atoms with Gasteiger partial charge in [-0.25, -0.2) is 0 Å². The summed E-state index contributed by atoms with van der Waals surface area (Å²) in [5, 5.41) is 5.99. The van der Waals surface area contributed by atoms with Crippen molar-refractivity contribution in [2.45, 2.75) is 13.0 Å². The smallest absolute Gasteiger partial charge is 0.249 e. The summed E-state index contributed by atoms with van der Waals surface area (Å²) in [5.41, 5.74) is 2.91. The van der Waals surface area contributed by atoms with E-state index in [1.54, 1.807) is 7.11 Å². The fourth-order valence-electron chi connectivity index (χ4n) is 1.64. The van der Waals surface area contributed by atoms with E-state index in [1.165, 1.54) is 0 Å². The van der Waals surface area contributed by atoms with Gasteiger partial charge >= 0.3 is 0 Å². The zero-order chi connectivity index (χ0) is 10.8. The topological polar surface area (TPSA) is 50.4 Å². The van der Waals surface area contributed by atoms with Crippen molar-refractivity contribution >= 4 is 17.3 Å². The van der Waals surface area contributed by atoms with Gasteiger partial charge in [0.15, 0.2) is 0 Å². The van der Waals surface area contributed by atoms with Crippen LogP contribution in [0.4, 0.5) is 11.4 Å². The Bertz CT molecular complexity index is 390. The van der Waals surface area contributed by atoms with Gasteiger partial charge in [0.2, 0.25) is 5.91 Å². The van der Waals surface area contributed by atoms with Gasteiger partial charge in [-0.05, 0) is 24.6 Å². The second kappa shape index (κ2) is 3.90. The second-order valence-corrected chi connectivity index (χ2v) is 3.69. The van der Waals surface area contributed by atoms with Gasteiger partial charge in [-0.2, -0.15) is 0 Å². The van der Waals surface area contributed by atoms with Crippen molar-refractivity contribution in [3.05, 3.63) is 23.8 Å². The number of ether oxygens (including phenoxy) is 1. The number of fused-ring (bicyclic) bond motifs is 1. The molecule has 0 fully saturated rings. The Labute approximate surface area is 88.6 Å². The van der Waals surface area contributed by atoms with Crippen molar-refractivity contribution in [3.8, 4) is 0 Å². The molecular formula is C11H14N2O2. The van der Waals surface area contributed by atoms with E-state index in [0.717, 1.165) is 16.9 Å². The number of rotatable bonds is 2. The maximum Gasteiger partial charge on any atom is 0.249 e. The second-order valence-electron chi connectivity index (χ2n) is 3.69. The van der Waals surface area contributed by atoms with Gasteiger partial charge in [-0.15, -0.1) is 0 Å². The standard InChI is InChI=1S/C11H14N2O2/c1-7-3-4-8-9(5-7)13-11(14)10(12-8)6-15-2/h3-5,10,12H,6H2,1-2H3,(H,13,14). The highest BCUT2D eigenvalue weighted by molar-refractivity contribution is 6.03. The van der Waals surface area contributed by atoms with Gasteiger partial charge in [0.05, 0.1) is 18.0 Å². The van der Waals surface area contributed by atoms with E-state index >= 15 is 0 Å². The van der Waals surface area contributed by atoms with E-state index in [-0.39, 0.29) is 11.9 Å². The van der Waals surface area contributed by atoms with Crippen LogP contribution in [0.1, 0.15) is 5.56 Å². The molecular weight excluding hydrogens is 192 g/mol. The number of carbonyl (C=O) groups excluding carboxylic acids is 1. The zero-order valence-corrected chi connectivity index (χ0v) is 8.83. The Morgan fingerprint density at radius 3 is 2.93 bits per heavy atom. The lowest BCUT2D eigenvalue weighted by molar-refractivity contribution is -0.118. The Morgan fingerprint density at radius 2 is 2.20 bits per heavy atom. The van der Waals surface area contributed by atoms with Crippen molar-refractivity contribution in [1.29, 1.82) is 0 Å². The summed E-state index contributed by atoms with van der Waals surface area (Å²) in [7, 11) is 1.58. The Balaban J connectivity index is 2.26. The minimum Gasteiger partial charge on any atom is -0.382 e. The number of nitrogens with one attached hydrogen (secondary N) is 2. The summed E-state index contributed by atoms with van der Waals surface area (Å²) in [6.07, 6.45) is 0. The average Bonchev–Trinajstić information content (AvgIpc) is 2.20. The first-order valence-electron chi connectivity index (χ1n) is 4.87. The van der Waals surface area contributed by atoms with E-state index in [4.69, 9.17) is 4.74 Å². The van der Waals surface area contributed by atoms with Crippen molar-refractivity contribution in [3.63, 3.8) is 0 Å². The van der Waals surface area contributed by atoms with Crippen LogP contribution < -0.4 is 10.6 Å². The molecule has 2 N–H and O–H groups in total. The molecule has 1 amide bonds. The zero-order valence-electron chi connectivity index (χ0n) is 8.83. The Hall–Kier alpha value is -1.55. The lowest BCUT2D eigenvalue weighted by atomic mass is 10.1. The molecule has 1 aliphatic heterocycles. The molecule has 4 nitrogen and oxygen atoms in total. The van der Waals surface area contributed by atoms with Gasteiger partial charge < -0.3 is 15.4 Å². The number of carbonyl (C=O) groups is 1. The first-order valence-corrected chi connectivity index (χ1v) is 4.87. The van der Waals surface area contributed by atoms with Crippen LogP contribution >= 0.6 is 0 Å². The summed E-state index contributed by atoms with van der Waals surface area (Å²) < 4.78 is 4.97. The highest BCUT2D eigenvalue weighted by Crippen LogP contribution is 2.27. The summed E-state index contributed by atoms with van der Waals surface area (Å²) in [5.74, 6) is -0.0463. The molecule has 0 aromatic heterocycles. The molecule has 1 heterocycles. The van der Waals surface area contributed by atoms with Crippen LogP contribution in [0, 0.1) is 6.92 Å². The summed E-state index contributed by atoms with van der Waals surface area (Å²) in [6.45, 7) is 2.37. The molecule has 15 heavy (non-hydrogen) atoms. The molecule has 4 heteroatoms. The number of hydrogen-bond donors (Lipinski definition) is 2. The van der Waals surface area contributed by atoms with Crippen molar-refractivity contribution < 1.29 is 9.53 Å². The van der Waals surface area contributed by atoms with Gasteiger partial charge in [0.25, 0.3) is 0 Å². The molecule has 1 aliphatic rings. The molecule has 0 radical (unpaired) electrons. The van der Waals surface area contributed by atoms with Crippen LogP contribution in [0.3, 0.4) is 0 Å². The highest BCUT2D eigenvalue weighted by Gasteiger charge is 2.24. The van der Waals surface area contributed by atoms with Crippen LogP contribution in [-0.2, 0) is 9.53 Å². The Kier molecular flexibility index (Phi) is 2.60. The largest absolute Gasteiger partial charge is 0.382 e. The molecule has 2 rings (SSSR count). The van der Waals surface area contributed by atoms with Crippen molar-refractivity contribution in [1.82, 2.24) is 0 Å². The van der Waals surface area contributed by atoms with Gasteiger partial charge in [0, 0.05) is 7.11 Å². The molecule has 0 aliphatic carbocycles. The molecule has 0 saturated heterocycles. The van der Waals surface area contributed by atoms with E-state index in [2.05, 4.69) is 10.6 Å². The van der Waals surface area contributed by atoms with Crippen LogP contribution in [0.2, 0.25) is 0 Å². The van der Waals surface area contributed by atoms with Gasteiger partial charge in [-0.3, -0.25) is 4.79 Å². The Morgan fingerprint density at radius 1 is 1.40 bits per heavy atom. The van der Waals surface area contributed by atoms with Gasteiger partial charge in [0.1, 0.15) is 6.04 Å². The van der Waals surface area contributed by atoms with E-state index in [9.17, 15) is 4.79 Å². The van der Waals surface area contributed by atoms with Crippen molar-refractivity contribution in [2.75, 3.05) is 24.4 Å². The van der Waals surface area contributed by atoms with Crippen LogP contribution in [0.5, 0.6) is 0 Å². The van der Waals surface area contributed by atoms with Crippen LogP contribution in [0.15, 0.2) is 18.2 Å². The lowest BCUT2D eigenvalue weighted by Gasteiger charge is -2.26. The van der Waals surface area contributed by atoms with Gasteiger partial charge in [-0.1, -0.05) is 6.07 Å². The van der Waals surface area contributed by atoms with Crippen LogP contribution in [-0.4, -0.2) is 25.7 Å². The number of anilines is 2. The molecule has 80 valence electrons. The summed E-state index contributed by atoms with van der Waals surface area (Å²) in [4.78, 5) is 11.6. The fraction of sp³-hybridized carbons (Fsp3) is 0.364. The minimum atomic E-state index is -0.301. The number of hydrogen-bond acceptors (Lipinski definition) is 3. The molecule has 1 atom stereocenters.